The van der Waals surface area contributed by atoms with Crippen LogP contribution in [0.3, 0.4) is 0 Å². The summed E-state index contributed by atoms with van der Waals surface area (Å²) < 4.78 is 0. The predicted octanol–water partition coefficient (Wildman–Crippen LogP) is 2.02. The maximum Gasteiger partial charge on any atom is 0.236 e. The van der Waals surface area contributed by atoms with Crippen molar-refractivity contribution in [1.29, 1.82) is 0 Å². The van der Waals surface area contributed by atoms with E-state index in [-0.39, 0.29) is 5.91 Å². The van der Waals surface area contributed by atoms with Gasteiger partial charge in [0, 0.05) is 13.1 Å². The zero-order chi connectivity index (χ0) is 12.0. The Bertz CT molecular complexity index is 210. The standard InChI is InChI=1S/C13H26N2O/c1-11(2)15(3)13(16)10-14-9-8-12-6-4-5-7-12/h11-12,14H,4-10H2,1-3H3. The Labute approximate surface area is 99.6 Å². The van der Waals surface area contributed by atoms with Gasteiger partial charge in [-0.05, 0) is 32.7 Å². The average Bonchev–Trinajstić information content (AvgIpc) is 2.75. The summed E-state index contributed by atoms with van der Waals surface area (Å²) in [6.45, 7) is 5.55. The van der Waals surface area contributed by atoms with E-state index < -0.39 is 0 Å². The van der Waals surface area contributed by atoms with E-state index in [0.29, 0.717) is 12.6 Å². The van der Waals surface area contributed by atoms with E-state index in [1.54, 1.807) is 4.90 Å². The fourth-order valence-corrected chi connectivity index (χ4v) is 2.21. The monoisotopic (exact) mass is 226 g/mol. The lowest BCUT2D eigenvalue weighted by molar-refractivity contribution is -0.130. The van der Waals surface area contributed by atoms with Crippen molar-refractivity contribution in [3.63, 3.8) is 0 Å². The summed E-state index contributed by atoms with van der Waals surface area (Å²) in [5.41, 5.74) is 0. The first-order chi connectivity index (χ1) is 7.61. The van der Waals surface area contributed by atoms with Crippen LogP contribution in [0.2, 0.25) is 0 Å². The smallest absolute Gasteiger partial charge is 0.236 e. The van der Waals surface area contributed by atoms with Crippen molar-refractivity contribution in [2.75, 3.05) is 20.1 Å². The number of amides is 1. The molecule has 0 saturated heterocycles. The van der Waals surface area contributed by atoms with Crippen LogP contribution in [0.15, 0.2) is 0 Å². The highest BCUT2D eigenvalue weighted by molar-refractivity contribution is 5.78. The van der Waals surface area contributed by atoms with Crippen LogP contribution in [0.25, 0.3) is 0 Å². The molecule has 1 saturated carbocycles. The molecule has 3 heteroatoms. The molecule has 1 aliphatic rings. The van der Waals surface area contributed by atoms with Crippen LogP contribution in [-0.2, 0) is 4.79 Å². The molecular formula is C13H26N2O. The van der Waals surface area contributed by atoms with Crippen molar-refractivity contribution in [3.8, 4) is 0 Å². The van der Waals surface area contributed by atoms with E-state index in [9.17, 15) is 4.79 Å². The van der Waals surface area contributed by atoms with Gasteiger partial charge in [0.05, 0.1) is 6.54 Å². The van der Waals surface area contributed by atoms with Gasteiger partial charge in [-0.25, -0.2) is 0 Å². The summed E-state index contributed by atoms with van der Waals surface area (Å²) >= 11 is 0. The van der Waals surface area contributed by atoms with Crippen LogP contribution in [-0.4, -0.2) is 37.0 Å². The molecule has 0 aromatic carbocycles. The van der Waals surface area contributed by atoms with Gasteiger partial charge in [-0.1, -0.05) is 25.7 Å². The molecule has 0 bridgehead atoms. The Hall–Kier alpha value is -0.570. The second-order valence-electron chi connectivity index (χ2n) is 5.21. The summed E-state index contributed by atoms with van der Waals surface area (Å²) in [6, 6.07) is 0.295. The molecule has 1 fully saturated rings. The lowest BCUT2D eigenvalue weighted by Crippen LogP contribution is -2.39. The third-order valence-corrected chi connectivity index (χ3v) is 3.65. The molecule has 1 amide bonds. The summed E-state index contributed by atoms with van der Waals surface area (Å²) in [5, 5.41) is 3.26. The molecule has 0 aliphatic heterocycles. The second kappa shape index (κ2) is 6.89. The van der Waals surface area contributed by atoms with Gasteiger partial charge in [0.15, 0.2) is 0 Å². The van der Waals surface area contributed by atoms with Crippen molar-refractivity contribution in [2.45, 2.75) is 52.0 Å². The Morgan fingerprint density at radius 1 is 1.38 bits per heavy atom. The maximum absolute atomic E-state index is 11.6. The van der Waals surface area contributed by atoms with Crippen molar-refractivity contribution >= 4 is 5.91 Å². The molecule has 0 heterocycles. The van der Waals surface area contributed by atoms with Crippen LogP contribution >= 0.6 is 0 Å². The zero-order valence-electron chi connectivity index (χ0n) is 11.0. The topological polar surface area (TPSA) is 32.3 Å². The summed E-state index contributed by atoms with van der Waals surface area (Å²) in [7, 11) is 1.87. The minimum atomic E-state index is 0.196. The van der Waals surface area contributed by atoms with Crippen molar-refractivity contribution < 1.29 is 4.79 Å². The van der Waals surface area contributed by atoms with Crippen LogP contribution in [0, 0.1) is 5.92 Å². The molecule has 16 heavy (non-hydrogen) atoms. The molecule has 1 aliphatic carbocycles. The van der Waals surface area contributed by atoms with Crippen molar-refractivity contribution in [1.82, 2.24) is 10.2 Å². The SMILES string of the molecule is CC(C)N(C)C(=O)CNCCC1CCCC1. The average molecular weight is 226 g/mol. The highest BCUT2D eigenvalue weighted by Crippen LogP contribution is 2.26. The van der Waals surface area contributed by atoms with Gasteiger partial charge in [-0.2, -0.15) is 0 Å². The van der Waals surface area contributed by atoms with Gasteiger partial charge < -0.3 is 10.2 Å². The summed E-state index contributed by atoms with van der Waals surface area (Å²) in [4.78, 5) is 13.4. The van der Waals surface area contributed by atoms with Gasteiger partial charge >= 0.3 is 0 Å². The molecule has 0 aromatic heterocycles. The van der Waals surface area contributed by atoms with Crippen LogP contribution in [0.1, 0.15) is 46.0 Å². The Kier molecular flexibility index (Phi) is 5.81. The normalized spacial score (nSPS) is 17.0. The lowest BCUT2D eigenvalue weighted by atomic mass is 10.0. The van der Waals surface area contributed by atoms with Crippen LogP contribution in [0.4, 0.5) is 0 Å². The largest absolute Gasteiger partial charge is 0.342 e. The number of carbonyl (C=O) groups is 1. The lowest BCUT2D eigenvalue weighted by Gasteiger charge is -2.21. The molecule has 0 spiro atoms. The quantitative estimate of drug-likeness (QED) is 0.703. The molecule has 0 aromatic rings. The van der Waals surface area contributed by atoms with E-state index in [1.807, 2.05) is 20.9 Å². The third kappa shape index (κ3) is 4.52. The van der Waals surface area contributed by atoms with E-state index in [0.717, 1.165) is 12.5 Å². The first kappa shape index (κ1) is 13.5. The highest BCUT2D eigenvalue weighted by Gasteiger charge is 2.15. The van der Waals surface area contributed by atoms with Gasteiger partial charge in [0.1, 0.15) is 0 Å². The Morgan fingerprint density at radius 2 is 2.00 bits per heavy atom. The number of hydrogen-bond donors (Lipinski definition) is 1. The van der Waals surface area contributed by atoms with E-state index >= 15 is 0 Å². The minimum absolute atomic E-state index is 0.196. The van der Waals surface area contributed by atoms with Crippen molar-refractivity contribution in [2.24, 2.45) is 5.92 Å². The van der Waals surface area contributed by atoms with E-state index in [4.69, 9.17) is 0 Å². The van der Waals surface area contributed by atoms with Crippen molar-refractivity contribution in [3.05, 3.63) is 0 Å². The fraction of sp³-hybridized carbons (Fsp3) is 0.923. The molecule has 1 rings (SSSR count). The van der Waals surface area contributed by atoms with Crippen LogP contribution in [0.5, 0.6) is 0 Å². The zero-order valence-corrected chi connectivity index (χ0v) is 11.0. The number of hydrogen-bond acceptors (Lipinski definition) is 2. The number of likely N-dealkylation sites (N-methyl/N-ethyl adjacent to an activating group) is 1. The molecule has 0 atom stereocenters. The third-order valence-electron chi connectivity index (χ3n) is 3.65. The summed E-state index contributed by atoms with van der Waals surface area (Å²) in [5.74, 6) is 1.10. The van der Waals surface area contributed by atoms with Gasteiger partial charge in [-0.3, -0.25) is 4.79 Å². The van der Waals surface area contributed by atoms with E-state index in [2.05, 4.69) is 5.32 Å². The molecule has 3 nitrogen and oxygen atoms in total. The Balaban J connectivity index is 2.03. The molecule has 0 unspecified atom stereocenters. The maximum atomic E-state index is 11.6. The van der Waals surface area contributed by atoms with Gasteiger partial charge in [0.25, 0.3) is 0 Å². The van der Waals surface area contributed by atoms with Gasteiger partial charge in [0.2, 0.25) is 5.91 Å². The minimum Gasteiger partial charge on any atom is -0.342 e. The first-order valence-electron chi connectivity index (χ1n) is 6.57. The number of rotatable bonds is 6. The van der Waals surface area contributed by atoms with Gasteiger partial charge in [-0.15, -0.1) is 0 Å². The van der Waals surface area contributed by atoms with E-state index in [1.165, 1.54) is 32.1 Å². The number of nitrogens with one attached hydrogen (secondary N) is 1. The molecule has 1 N–H and O–H groups in total. The fourth-order valence-electron chi connectivity index (χ4n) is 2.21. The predicted molar refractivity (Wildman–Crippen MR) is 67.4 cm³/mol. The first-order valence-corrected chi connectivity index (χ1v) is 6.57. The number of carbonyl (C=O) groups excluding carboxylic acids is 1. The Morgan fingerprint density at radius 3 is 2.56 bits per heavy atom. The molecule has 94 valence electrons. The molecular weight excluding hydrogens is 200 g/mol. The molecule has 0 radical (unpaired) electrons. The highest BCUT2D eigenvalue weighted by atomic mass is 16.2. The summed E-state index contributed by atoms with van der Waals surface area (Å²) in [6.07, 6.45) is 6.82. The van der Waals surface area contributed by atoms with Crippen LogP contribution < -0.4 is 5.32 Å². The number of nitrogens with zero attached hydrogens (tertiary/aromatic N) is 1. The second-order valence-corrected chi connectivity index (χ2v) is 5.21.